The van der Waals surface area contributed by atoms with Gasteiger partial charge in [0.1, 0.15) is 0 Å². The molecule has 0 saturated carbocycles. The molecule has 0 radical (unpaired) electrons. The summed E-state index contributed by atoms with van der Waals surface area (Å²) in [7, 11) is 1.56. The Morgan fingerprint density at radius 1 is 1.38 bits per heavy atom. The minimum absolute atomic E-state index is 0.0943. The van der Waals surface area contributed by atoms with E-state index in [1.54, 1.807) is 30.2 Å². The van der Waals surface area contributed by atoms with Crippen molar-refractivity contribution in [3.8, 4) is 11.5 Å². The van der Waals surface area contributed by atoms with Crippen LogP contribution in [-0.2, 0) is 16.0 Å². The summed E-state index contributed by atoms with van der Waals surface area (Å²) in [6.45, 7) is 3.13. The van der Waals surface area contributed by atoms with Crippen LogP contribution in [-0.4, -0.2) is 37.1 Å². The van der Waals surface area contributed by atoms with Gasteiger partial charge in [0.25, 0.3) is 0 Å². The largest absolute Gasteiger partial charge is 0.493 e. The first-order valence-electron chi connectivity index (χ1n) is 8.46. The van der Waals surface area contributed by atoms with Crippen molar-refractivity contribution in [3.63, 3.8) is 0 Å². The number of methoxy groups -OCH3 is 1. The molecule has 0 unspecified atom stereocenters. The molecule has 1 aliphatic heterocycles. The lowest BCUT2D eigenvalue weighted by atomic mass is 10.2. The zero-order valence-corrected chi connectivity index (χ0v) is 15.6. The zero-order valence-electron chi connectivity index (χ0n) is 14.8. The van der Waals surface area contributed by atoms with E-state index in [1.165, 1.54) is 11.3 Å². The van der Waals surface area contributed by atoms with Crippen LogP contribution >= 0.6 is 11.3 Å². The van der Waals surface area contributed by atoms with Gasteiger partial charge in [-0.25, -0.2) is 4.98 Å². The average molecular weight is 375 g/mol. The molecule has 1 aromatic heterocycles. The third kappa shape index (κ3) is 4.13. The van der Waals surface area contributed by atoms with Crippen molar-refractivity contribution in [2.75, 3.05) is 30.5 Å². The normalized spacial score (nSPS) is 13.8. The number of ether oxygens (including phenoxy) is 2. The fourth-order valence-electron chi connectivity index (χ4n) is 2.74. The van der Waals surface area contributed by atoms with Gasteiger partial charge in [-0.3, -0.25) is 14.5 Å². The number of nitrogens with one attached hydrogen (secondary N) is 1. The number of thiazole rings is 1. The highest BCUT2D eigenvalue weighted by atomic mass is 32.1. The number of hydrogen-bond acceptors (Lipinski definition) is 6. The Morgan fingerprint density at radius 2 is 2.23 bits per heavy atom. The first-order chi connectivity index (χ1) is 12.6. The average Bonchev–Trinajstić information content (AvgIpc) is 3.25. The molecule has 0 atom stereocenters. The number of amides is 2. The summed E-state index contributed by atoms with van der Waals surface area (Å²) in [5, 5.41) is 5.32. The van der Waals surface area contributed by atoms with Crippen LogP contribution in [0.25, 0.3) is 0 Å². The van der Waals surface area contributed by atoms with Gasteiger partial charge in [0.2, 0.25) is 11.8 Å². The number of nitrogens with zero attached hydrogens (tertiary/aromatic N) is 2. The molecular weight excluding hydrogens is 354 g/mol. The Balaban J connectivity index is 1.62. The molecular formula is C18H21N3O4S. The Morgan fingerprint density at radius 3 is 2.92 bits per heavy atom. The van der Waals surface area contributed by atoms with Gasteiger partial charge in [-0.15, -0.1) is 11.3 Å². The molecule has 7 nitrogen and oxygen atoms in total. The van der Waals surface area contributed by atoms with E-state index < -0.39 is 0 Å². The van der Waals surface area contributed by atoms with Gasteiger partial charge in [-0.1, -0.05) is 0 Å². The molecule has 0 aliphatic carbocycles. The third-order valence-corrected chi connectivity index (χ3v) is 4.85. The fourth-order valence-corrected chi connectivity index (χ4v) is 3.61. The summed E-state index contributed by atoms with van der Waals surface area (Å²) in [5.74, 6) is 1.11. The van der Waals surface area contributed by atoms with Crippen LogP contribution in [0.4, 0.5) is 10.8 Å². The van der Waals surface area contributed by atoms with E-state index in [0.717, 1.165) is 6.42 Å². The van der Waals surface area contributed by atoms with Crippen LogP contribution in [0.15, 0.2) is 23.6 Å². The van der Waals surface area contributed by atoms with Gasteiger partial charge in [0, 0.05) is 30.1 Å². The Hall–Kier alpha value is -2.61. The zero-order chi connectivity index (χ0) is 18.5. The molecule has 0 spiro atoms. The summed E-state index contributed by atoms with van der Waals surface area (Å²) in [6.07, 6.45) is 1.57. The molecule has 138 valence electrons. The maximum atomic E-state index is 12.3. The maximum Gasteiger partial charge on any atom is 0.230 e. The van der Waals surface area contributed by atoms with Gasteiger partial charge in [-0.2, -0.15) is 0 Å². The monoisotopic (exact) mass is 375 g/mol. The molecule has 3 rings (SSSR count). The third-order valence-electron chi connectivity index (χ3n) is 3.93. The van der Waals surface area contributed by atoms with Crippen LogP contribution in [0.1, 0.15) is 25.5 Å². The number of carbonyl (C=O) groups excluding carboxylic acids is 2. The smallest absolute Gasteiger partial charge is 0.230 e. The van der Waals surface area contributed by atoms with E-state index in [-0.39, 0.29) is 18.2 Å². The molecule has 1 fully saturated rings. The van der Waals surface area contributed by atoms with E-state index in [2.05, 4.69) is 10.3 Å². The van der Waals surface area contributed by atoms with Crippen molar-refractivity contribution in [2.24, 2.45) is 0 Å². The van der Waals surface area contributed by atoms with Crippen molar-refractivity contribution >= 4 is 34.0 Å². The molecule has 0 bridgehead atoms. The molecule has 1 saturated heterocycles. The second-order valence-corrected chi connectivity index (χ2v) is 6.63. The summed E-state index contributed by atoms with van der Waals surface area (Å²) >= 11 is 1.39. The quantitative estimate of drug-likeness (QED) is 0.805. The lowest BCUT2D eigenvalue weighted by molar-refractivity contribution is -0.117. The standard InChI is InChI=1S/C18H21N3O4S/c1-3-25-14-7-6-12(9-15(14)24-2)19-16(22)10-13-11-26-18(20-13)21-8-4-5-17(21)23/h6-7,9,11H,3-5,8,10H2,1-2H3,(H,19,22). The molecule has 2 heterocycles. The minimum Gasteiger partial charge on any atom is -0.493 e. The molecule has 1 N–H and O–H groups in total. The van der Waals surface area contributed by atoms with Gasteiger partial charge in [-0.05, 0) is 25.5 Å². The summed E-state index contributed by atoms with van der Waals surface area (Å²) in [4.78, 5) is 30.2. The predicted octanol–water partition coefficient (Wildman–Crippen LogP) is 2.86. The molecule has 26 heavy (non-hydrogen) atoms. The van der Waals surface area contributed by atoms with E-state index in [0.29, 0.717) is 47.6 Å². The van der Waals surface area contributed by atoms with Crippen LogP contribution < -0.4 is 19.7 Å². The van der Waals surface area contributed by atoms with Crippen LogP contribution in [0.5, 0.6) is 11.5 Å². The lowest BCUT2D eigenvalue weighted by Gasteiger charge is -2.11. The number of benzene rings is 1. The molecule has 1 aliphatic rings. The lowest BCUT2D eigenvalue weighted by Crippen LogP contribution is -2.23. The van der Waals surface area contributed by atoms with E-state index in [1.807, 2.05) is 12.3 Å². The molecule has 1 aromatic carbocycles. The fraction of sp³-hybridized carbons (Fsp3) is 0.389. The highest BCUT2D eigenvalue weighted by molar-refractivity contribution is 7.14. The van der Waals surface area contributed by atoms with Gasteiger partial charge in [0.15, 0.2) is 16.6 Å². The summed E-state index contributed by atoms with van der Waals surface area (Å²) in [5.41, 5.74) is 1.28. The van der Waals surface area contributed by atoms with Crippen molar-refractivity contribution in [1.29, 1.82) is 0 Å². The SMILES string of the molecule is CCOc1ccc(NC(=O)Cc2csc(N3CCCC3=O)n2)cc1OC. The van der Waals surface area contributed by atoms with E-state index >= 15 is 0 Å². The number of aromatic nitrogens is 1. The molecule has 8 heteroatoms. The van der Waals surface area contributed by atoms with Crippen molar-refractivity contribution < 1.29 is 19.1 Å². The second kappa shape index (κ2) is 8.18. The maximum absolute atomic E-state index is 12.3. The summed E-state index contributed by atoms with van der Waals surface area (Å²) < 4.78 is 10.7. The topological polar surface area (TPSA) is 80.8 Å². The Bertz CT molecular complexity index is 805. The van der Waals surface area contributed by atoms with Crippen LogP contribution in [0, 0.1) is 0 Å². The van der Waals surface area contributed by atoms with Gasteiger partial charge in [0.05, 0.1) is 25.8 Å². The van der Waals surface area contributed by atoms with Crippen molar-refractivity contribution in [2.45, 2.75) is 26.2 Å². The Labute approximate surface area is 155 Å². The minimum atomic E-state index is -0.180. The number of rotatable bonds is 7. The molecule has 2 aromatic rings. The Kier molecular flexibility index (Phi) is 5.72. The van der Waals surface area contributed by atoms with Gasteiger partial charge >= 0.3 is 0 Å². The number of carbonyl (C=O) groups is 2. The highest BCUT2D eigenvalue weighted by Gasteiger charge is 2.24. The first kappa shape index (κ1) is 18.2. The van der Waals surface area contributed by atoms with Crippen LogP contribution in [0.2, 0.25) is 0 Å². The molecule has 2 amide bonds. The predicted molar refractivity (Wildman–Crippen MR) is 100 cm³/mol. The van der Waals surface area contributed by atoms with Crippen molar-refractivity contribution in [3.05, 3.63) is 29.3 Å². The van der Waals surface area contributed by atoms with Crippen LogP contribution in [0.3, 0.4) is 0 Å². The number of hydrogen-bond donors (Lipinski definition) is 1. The van der Waals surface area contributed by atoms with E-state index in [4.69, 9.17) is 9.47 Å². The highest BCUT2D eigenvalue weighted by Crippen LogP contribution is 2.30. The van der Waals surface area contributed by atoms with Gasteiger partial charge < -0.3 is 14.8 Å². The number of anilines is 2. The first-order valence-corrected chi connectivity index (χ1v) is 9.34. The summed E-state index contributed by atoms with van der Waals surface area (Å²) in [6, 6.07) is 5.25. The second-order valence-electron chi connectivity index (χ2n) is 5.79. The van der Waals surface area contributed by atoms with E-state index in [9.17, 15) is 9.59 Å². The van der Waals surface area contributed by atoms with Crippen molar-refractivity contribution in [1.82, 2.24) is 4.98 Å².